The first-order chi connectivity index (χ1) is 8.43. The van der Waals surface area contributed by atoms with E-state index >= 15 is 0 Å². The van der Waals surface area contributed by atoms with Crippen molar-refractivity contribution in [3.05, 3.63) is 10.2 Å². The molecule has 0 aliphatic rings. The van der Waals surface area contributed by atoms with Gasteiger partial charge in [-0.05, 0) is 6.92 Å². The third-order valence-electron chi connectivity index (χ3n) is 2.20. The second kappa shape index (κ2) is 6.78. The Hall–Kier alpha value is -0.250. The van der Waals surface area contributed by atoms with E-state index in [1.54, 1.807) is 6.92 Å². The fourth-order valence-electron chi connectivity index (χ4n) is 1.36. The van der Waals surface area contributed by atoms with Gasteiger partial charge in [-0.3, -0.25) is 0 Å². The molecule has 0 amide bonds. The summed E-state index contributed by atoms with van der Waals surface area (Å²) < 4.78 is 31.0. The number of aromatic nitrogens is 1. The van der Waals surface area contributed by atoms with E-state index in [1.165, 1.54) is 7.11 Å². The van der Waals surface area contributed by atoms with Crippen molar-refractivity contribution in [3.8, 4) is 0 Å². The molecule has 1 aromatic heterocycles. The van der Waals surface area contributed by atoms with Crippen molar-refractivity contribution in [2.75, 3.05) is 33.4 Å². The Labute approximate surface area is 115 Å². The fraction of sp³-hybridized carbons (Fsp3) is 0.667. The van der Waals surface area contributed by atoms with Crippen LogP contribution in [-0.2, 0) is 14.8 Å². The van der Waals surface area contributed by atoms with E-state index in [9.17, 15) is 8.42 Å². The number of halogens is 1. The normalized spacial score (nSPS) is 12.3. The van der Waals surface area contributed by atoms with Gasteiger partial charge in [-0.15, -0.1) is 0 Å². The molecule has 0 unspecified atom stereocenters. The quantitative estimate of drug-likeness (QED) is 0.803. The van der Waals surface area contributed by atoms with Crippen LogP contribution in [0.5, 0.6) is 0 Å². The Kier molecular flexibility index (Phi) is 5.96. The van der Waals surface area contributed by atoms with Crippen molar-refractivity contribution in [3.63, 3.8) is 0 Å². The number of thiazole rings is 1. The molecule has 0 saturated heterocycles. The van der Waals surface area contributed by atoms with Gasteiger partial charge in [0.15, 0.2) is 8.68 Å². The average Bonchev–Trinajstić information content (AvgIpc) is 2.64. The lowest BCUT2D eigenvalue weighted by molar-refractivity contribution is 0.168. The molecular formula is C9H15ClN2O4S2. The summed E-state index contributed by atoms with van der Waals surface area (Å²) in [5, 5.41) is 8.94. The lowest BCUT2D eigenvalue weighted by atomic mass is 10.6. The lowest BCUT2D eigenvalue weighted by Gasteiger charge is -2.20. The van der Waals surface area contributed by atoms with Crippen LogP contribution in [0.1, 0.15) is 5.69 Å². The molecule has 0 fully saturated rings. The van der Waals surface area contributed by atoms with E-state index in [4.69, 9.17) is 21.4 Å². The molecule has 1 heterocycles. The molecule has 0 atom stereocenters. The van der Waals surface area contributed by atoms with Crippen LogP contribution in [0.25, 0.3) is 0 Å². The van der Waals surface area contributed by atoms with Crippen LogP contribution in [-0.4, -0.2) is 56.2 Å². The first-order valence-corrected chi connectivity index (χ1v) is 7.79. The molecule has 18 heavy (non-hydrogen) atoms. The summed E-state index contributed by atoms with van der Waals surface area (Å²) in [5.74, 6) is 0. The summed E-state index contributed by atoms with van der Waals surface area (Å²) in [6.07, 6.45) is 0. The van der Waals surface area contributed by atoms with Crippen LogP contribution in [0.15, 0.2) is 4.21 Å². The largest absolute Gasteiger partial charge is 0.395 e. The molecule has 9 heteroatoms. The number of sulfonamides is 1. The highest BCUT2D eigenvalue weighted by Crippen LogP contribution is 2.29. The second-order valence-corrected chi connectivity index (χ2v) is 7.17. The van der Waals surface area contributed by atoms with Crippen LogP contribution in [0.4, 0.5) is 0 Å². The summed E-state index contributed by atoms with van der Waals surface area (Å²) in [4.78, 5) is 3.88. The summed E-state index contributed by atoms with van der Waals surface area (Å²) >= 11 is 6.62. The lowest BCUT2D eigenvalue weighted by Crippen LogP contribution is -2.36. The van der Waals surface area contributed by atoms with Crippen molar-refractivity contribution >= 4 is 33.0 Å². The SMILES string of the molecule is COCCN(CCO)S(=O)(=O)c1sc(Cl)nc1C. The van der Waals surface area contributed by atoms with Crippen molar-refractivity contribution in [1.82, 2.24) is 9.29 Å². The van der Waals surface area contributed by atoms with E-state index in [-0.39, 0.29) is 35.0 Å². The third-order valence-corrected chi connectivity index (χ3v) is 5.94. The predicted molar refractivity (Wildman–Crippen MR) is 69.6 cm³/mol. The van der Waals surface area contributed by atoms with Crippen molar-refractivity contribution in [2.24, 2.45) is 0 Å². The topological polar surface area (TPSA) is 79.7 Å². The van der Waals surface area contributed by atoms with Crippen molar-refractivity contribution in [1.29, 1.82) is 0 Å². The molecule has 0 aliphatic heterocycles. The number of hydrogen-bond acceptors (Lipinski definition) is 6. The second-order valence-electron chi connectivity index (χ2n) is 3.46. The van der Waals surface area contributed by atoms with E-state index in [1.807, 2.05) is 0 Å². The Balaban J connectivity index is 3.04. The molecular weight excluding hydrogens is 300 g/mol. The molecule has 104 valence electrons. The maximum absolute atomic E-state index is 12.3. The van der Waals surface area contributed by atoms with Gasteiger partial charge in [-0.25, -0.2) is 13.4 Å². The van der Waals surface area contributed by atoms with Gasteiger partial charge >= 0.3 is 0 Å². The van der Waals surface area contributed by atoms with Gasteiger partial charge in [-0.1, -0.05) is 22.9 Å². The monoisotopic (exact) mass is 314 g/mol. The summed E-state index contributed by atoms with van der Waals surface area (Å²) in [7, 11) is -2.20. The van der Waals surface area contributed by atoms with Gasteiger partial charge in [-0.2, -0.15) is 4.31 Å². The molecule has 0 saturated carbocycles. The molecule has 0 aromatic carbocycles. The van der Waals surface area contributed by atoms with Crippen molar-refractivity contribution in [2.45, 2.75) is 11.1 Å². The van der Waals surface area contributed by atoms with Gasteiger partial charge in [0.25, 0.3) is 10.0 Å². The number of rotatable bonds is 7. The highest BCUT2D eigenvalue weighted by atomic mass is 35.5. The number of aliphatic hydroxyl groups is 1. The number of ether oxygens (including phenoxy) is 1. The summed E-state index contributed by atoms with van der Waals surface area (Å²) in [6, 6.07) is 0. The van der Waals surface area contributed by atoms with Gasteiger partial charge in [0, 0.05) is 20.2 Å². The number of methoxy groups -OCH3 is 1. The summed E-state index contributed by atoms with van der Waals surface area (Å²) in [5.41, 5.74) is 0.366. The minimum absolute atomic E-state index is 0.0145. The Morgan fingerprint density at radius 1 is 1.50 bits per heavy atom. The minimum Gasteiger partial charge on any atom is -0.395 e. The van der Waals surface area contributed by atoms with E-state index in [0.717, 1.165) is 15.6 Å². The Bertz CT molecular complexity index is 489. The highest BCUT2D eigenvalue weighted by molar-refractivity contribution is 7.91. The molecule has 0 bridgehead atoms. The van der Waals surface area contributed by atoms with Crippen LogP contribution < -0.4 is 0 Å². The van der Waals surface area contributed by atoms with Crippen LogP contribution >= 0.6 is 22.9 Å². The van der Waals surface area contributed by atoms with Crippen LogP contribution in [0.2, 0.25) is 4.47 Å². The first-order valence-electron chi connectivity index (χ1n) is 5.16. The smallest absolute Gasteiger partial charge is 0.254 e. The van der Waals surface area contributed by atoms with E-state index < -0.39 is 10.0 Å². The van der Waals surface area contributed by atoms with E-state index in [2.05, 4.69) is 4.98 Å². The van der Waals surface area contributed by atoms with E-state index in [0.29, 0.717) is 5.69 Å². The Morgan fingerprint density at radius 3 is 2.61 bits per heavy atom. The van der Waals surface area contributed by atoms with Crippen LogP contribution in [0.3, 0.4) is 0 Å². The average molecular weight is 315 g/mol. The zero-order valence-corrected chi connectivity index (χ0v) is 12.5. The zero-order chi connectivity index (χ0) is 13.8. The minimum atomic E-state index is -3.68. The Morgan fingerprint density at radius 2 is 2.17 bits per heavy atom. The molecule has 6 nitrogen and oxygen atoms in total. The number of aliphatic hydroxyl groups excluding tert-OH is 1. The third kappa shape index (κ3) is 3.62. The number of nitrogens with zero attached hydrogens (tertiary/aromatic N) is 2. The molecule has 0 spiro atoms. The standard InChI is InChI=1S/C9H15ClN2O4S2/c1-7-8(17-9(10)11-7)18(14,15)12(3-5-13)4-6-16-2/h13H,3-6H2,1-2H3. The predicted octanol–water partition coefficient (Wildman–Crippen LogP) is 0.734. The number of aryl methyl sites for hydroxylation is 1. The molecule has 1 N–H and O–H groups in total. The fourth-order valence-corrected chi connectivity index (χ4v) is 4.65. The van der Waals surface area contributed by atoms with Crippen molar-refractivity contribution < 1.29 is 18.3 Å². The molecule has 1 aromatic rings. The molecule has 0 aliphatic carbocycles. The van der Waals surface area contributed by atoms with Gasteiger partial charge in [0.1, 0.15) is 0 Å². The molecule has 0 radical (unpaired) electrons. The van der Waals surface area contributed by atoms with Crippen LogP contribution in [0, 0.1) is 6.92 Å². The van der Waals surface area contributed by atoms with Gasteiger partial charge in [0.05, 0.1) is 18.9 Å². The maximum Gasteiger partial charge on any atom is 0.254 e. The van der Waals surface area contributed by atoms with Gasteiger partial charge in [0.2, 0.25) is 0 Å². The van der Waals surface area contributed by atoms with Gasteiger partial charge < -0.3 is 9.84 Å². The summed E-state index contributed by atoms with van der Waals surface area (Å²) in [6.45, 7) is 1.77. The number of hydrogen-bond donors (Lipinski definition) is 1. The first kappa shape index (κ1) is 15.8. The highest BCUT2D eigenvalue weighted by Gasteiger charge is 2.28. The molecule has 1 rings (SSSR count). The maximum atomic E-state index is 12.3. The zero-order valence-electron chi connectivity index (χ0n) is 10.1.